The van der Waals surface area contributed by atoms with Crippen LogP contribution in [-0.4, -0.2) is 16.8 Å². The molecule has 0 amide bonds. The number of hydrogen-bond donors (Lipinski definition) is 1. The largest absolute Gasteiger partial charge is 0.493 e. The average molecular weight is 326 g/mol. The summed E-state index contributed by atoms with van der Waals surface area (Å²) < 4.78 is 20.2. The lowest BCUT2D eigenvalue weighted by atomic mass is 10.1. The highest BCUT2D eigenvalue weighted by Crippen LogP contribution is 2.30. The van der Waals surface area contributed by atoms with Gasteiger partial charge >= 0.3 is 0 Å². The number of H-pyrrole nitrogens is 1. The Morgan fingerprint density at radius 1 is 1.08 bits per heavy atom. The van der Waals surface area contributed by atoms with E-state index in [2.05, 4.69) is 17.1 Å². The number of rotatable bonds is 7. The highest BCUT2D eigenvalue weighted by molar-refractivity contribution is 5.93. The third-order valence-electron chi connectivity index (χ3n) is 4.18. The summed E-state index contributed by atoms with van der Waals surface area (Å²) in [4.78, 5) is 0. The molecule has 3 aromatic rings. The number of nitrogens with zero attached hydrogens (tertiary/aromatic N) is 1. The molecule has 0 saturated heterocycles. The number of hydrogen-bond acceptors (Lipinski definition) is 2. The number of aromatic nitrogens is 2. The number of nitrogens with one attached hydrogen (secondary N) is 1. The van der Waals surface area contributed by atoms with Crippen LogP contribution in [0, 0.1) is 12.7 Å². The number of fused-ring (bicyclic) bond motifs is 1. The van der Waals surface area contributed by atoms with Crippen molar-refractivity contribution >= 4 is 10.9 Å². The van der Waals surface area contributed by atoms with Crippen LogP contribution >= 0.6 is 0 Å². The lowest BCUT2D eigenvalue weighted by Gasteiger charge is -2.08. The van der Waals surface area contributed by atoms with Gasteiger partial charge in [-0.15, -0.1) is 0 Å². The Bertz CT molecular complexity index is 826. The van der Waals surface area contributed by atoms with Crippen LogP contribution in [0.4, 0.5) is 4.39 Å². The molecule has 1 heterocycles. The Kier molecular flexibility index (Phi) is 5.14. The Morgan fingerprint density at radius 3 is 2.75 bits per heavy atom. The summed E-state index contributed by atoms with van der Waals surface area (Å²) in [6.07, 6.45) is 4.55. The maximum Gasteiger partial charge on any atom is 0.136 e. The van der Waals surface area contributed by atoms with Crippen LogP contribution in [-0.2, 0) is 0 Å². The normalized spacial score (nSPS) is 11.1. The summed E-state index contributed by atoms with van der Waals surface area (Å²) in [5.74, 6) is 0.262. The van der Waals surface area contributed by atoms with Gasteiger partial charge in [0.2, 0.25) is 0 Å². The van der Waals surface area contributed by atoms with Gasteiger partial charge in [0.25, 0.3) is 0 Å². The van der Waals surface area contributed by atoms with E-state index in [1.807, 2.05) is 31.2 Å². The van der Waals surface area contributed by atoms with E-state index >= 15 is 0 Å². The number of benzene rings is 2. The Hall–Kier alpha value is -2.36. The second kappa shape index (κ2) is 7.47. The van der Waals surface area contributed by atoms with E-state index in [9.17, 15) is 4.39 Å². The van der Waals surface area contributed by atoms with Gasteiger partial charge in [-0.1, -0.05) is 38.3 Å². The minimum atomic E-state index is -0.310. The highest BCUT2D eigenvalue weighted by Gasteiger charge is 2.13. The van der Waals surface area contributed by atoms with Gasteiger partial charge in [0.15, 0.2) is 0 Å². The van der Waals surface area contributed by atoms with Gasteiger partial charge in [0.05, 0.1) is 12.1 Å². The predicted molar refractivity (Wildman–Crippen MR) is 95.9 cm³/mol. The van der Waals surface area contributed by atoms with Gasteiger partial charge in [-0.05, 0) is 37.1 Å². The Labute approximate surface area is 141 Å². The lowest BCUT2D eigenvalue weighted by molar-refractivity contribution is 0.303. The van der Waals surface area contributed by atoms with E-state index in [-0.39, 0.29) is 5.82 Å². The zero-order chi connectivity index (χ0) is 16.9. The van der Waals surface area contributed by atoms with Gasteiger partial charge in [-0.3, -0.25) is 5.10 Å². The first-order chi connectivity index (χ1) is 11.7. The quantitative estimate of drug-likeness (QED) is 0.571. The third kappa shape index (κ3) is 3.58. The molecule has 24 heavy (non-hydrogen) atoms. The number of ether oxygens (including phenoxy) is 1. The Balaban J connectivity index is 1.76. The van der Waals surface area contributed by atoms with Crippen molar-refractivity contribution in [1.82, 2.24) is 10.2 Å². The van der Waals surface area contributed by atoms with Crippen molar-refractivity contribution in [2.45, 2.75) is 39.5 Å². The molecule has 1 N–H and O–H groups in total. The molecule has 4 heteroatoms. The van der Waals surface area contributed by atoms with E-state index in [1.165, 1.54) is 18.9 Å². The fourth-order valence-corrected chi connectivity index (χ4v) is 2.84. The van der Waals surface area contributed by atoms with Crippen molar-refractivity contribution < 1.29 is 9.13 Å². The molecule has 0 radical (unpaired) electrons. The van der Waals surface area contributed by atoms with E-state index in [0.29, 0.717) is 23.6 Å². The molecule has 0 atom stereocenters. The van der Waals surface area contributed by atoms with Crippen molar-refractivity contribution in [3.63, 3.8) is 0 Å². The topological polar surface area (TPSA) is 37.9 Å². The lowest BCUT2D eigenvalue weighted by Crippen LogP contribution is -1.98. The molecule has 0 spiro atoms. The predicted octanol–water partition coefficient (Wildman–Crippen LogP) is 5.64. The minimum absolute atomic E-state index is 0.310. The summed E-state index contributed by atoms with van der Waals surface area (Å²) in [5.41, 5.74) is 3.19. The van der Waals surface area contributed by atoms with E-state index in [4.69, 9.17) is 4.74 Å². The number of unbranched alkanes of at least 4 members (excludes halogenated alkanes) is 3. The van der Waals surface area contributed by atoms with E-state index in [0.717, 1.165) is 29.3 Å². The molecule has 0 fully saturated rings. The maximum absolute atomic E-state index is 14.5. The van der Waals surface area contributed by atoms with Gasteiger partial charge in [0.1, 0.15) is 17.3 Å². The molecule has 126 valence electrons. The SMILES string of the molecule is CCCCCCOc1ccc(-c2n[nH]c3cc(C)ccc23)c(F)c1. The van der Waals surface area contributed by atoms with Gasteiger partial charge in [0, 0.05) is 17.0 Å². The van der Waals surface area contributed by atoms with E-state index < -0.39 is 0 Å². The molecule has 2 aromatic carbocycles. The van der Waals surface area contributed by atoms with E-state index in [1.54, 1.807) is 6.07 Å². The fourth-order valence-electron chi connectivity index (χ4n) is 2.84. The molecule has 0 unspecified atom stereocenters. The summed E-state index contributed by atoms with van der Waals surface area (Å²) >= 11 is 0. The first-order valence-electron chi connectivity index (χ1n) is 8.56. The monoisotopic (exact) mass is 326 g/mol. The summed E-state index contributed by atoms with van der Waals surface area (Å²) in [6.45, 7) is 4.82. The highest BCUT2D eigenvalue weighted by atomic mass is 19.1. The van der Waals surface area contributed by atoms with Crippen molar-refractivity contribution in [2.24, 2.45) is 0 Å². The molecular weight excluding hydrogens is 303 g/mol. The molecule has 0 aliphatic rings. The Morgan fingerprint density at radius 2 is 1.96 bits per heavy atom. The summed E-state index contributed by atoms with van der Waals surface area (Å²) in [7, 11) is 0. The average Bonchev–Trinajstić information content (AvgIpc) is 2.97. The van der Waals surface area contributed by atoms with Crippen LogP contribution in [0.25, 0.3) is 22.2 Å². The van der Waals surface area contributed by atoms with Crippen LogP contribution in [0.1, 0.15) is 38.2 Å². The molecule has 0 aliphatic carbocycles. The third-order valence-corrected chi connectivity index (χ3v) is 4.18. The fraction of sp³-hybridized carbons (Fsp3) is 0.350. The summed E-state index contributed by atoms with van der Waals surface area (Å²) in [5, 5.41) is 8.19. The minimum Gasteiger partial charge on any atom is -0.493 e. The van der Waals surface area contributed by atoms with Crippen molar-refractivity contribution in [2.75, 3.05) is 6.61 Å². The molecule has 0 aliphatic heterocycles. The molecule has 3 nitrogen and oxygen atoms in total. The van der Waals surface area contributed by atoms with Crippen LogP contribution in [0.3, 0.4) is 0 Å². The zero-order valence-corrected chi connectivity index (χ0v) is 14.2. The zero-order valence-electron chi connectivity index (χ0n) is 14.2. The van der Waals surface area contributed by atoms with Crippen molar-refractivity contribution in [3.05, 3.63) is 47.8 Å². The van der Waals surface area contributed by atoms with Crippen molar-refractivity contribution in [3.8, 4) is 17.0 Å². The molecule has 1 aromatic heterocycles. The van der Waals surface area contributed by atoms with Crippen molar-refractivity contribution in [1.29, 1.82) is 0 Å². The maximum atomic E-state index is 14.5. The van der Waals surface area contributed by atoms with Crippen LogP contribution in [0.2, 0.25) is 0 Å². The van der Waals surface area contributed by atoms with Crippen LogP contribution in [0.5, 0.6) is 5.75 Å². The van der Waals surface area contributed by atoms with Crippen LogP contribution in [0.15, 0.2) is 36.4 Å². The first kappa shape index (κ1) is 16.5. The molecule has 0 bridgehead atoms. The molecule has 0 saturated carbocycles. The second-order valence-corrected chi connectivity index (χ2v) is 6.17. The standard InChI is InChI=1S/C20H23FN2O/c1-3-4-5-6-11-24-15-8-10-16(18(21)13-15)20-17-9-7-14(2)12-19(17)22-23-20/h7-10,12-13H,3-6,11H2,1-2H3,(H,22,23). The number of aromatic amines is 1. The molecular formula is C20H23FN2O. The second-order valence-electron chi connectivity index (χ2n) is 6.17. The molecule has 3 rings (SSSR count). The smallest absolute Gasteiger partial charge is 0.136 e. The number of aryl methyl sites for hydroxylation is 1. The van der Waals surface area contributed by atoms with Crippen LogP contribution < -0.4 is 4.74 Å². The van der Waals surface area contributed by atoms with Gasteiger partial charge in [-0.25, -0.2) is 4.39 Å². The first-order valence-corrected chi connectivity index (χ1v) is 8.56. The van der Waals surface area contributed by atoms with Gasteiger partial charge in [-0.2, -0.15) is 5.10 Å². The van der Waals surface area contributed by atoms with Gasteiger partial charge < -0.3 is 4.74 Å². The summed E-state index contributed by atoms with van der Waals surface area (Å²) in [6, 6.07) is 11.0. The number of halogens is 1.